The zero-order chi connectivity index (χ0) is 8.72. The highest BCUT2D eigenvalue weighted by Gasteiger charge is 2.41. The number of carboxylic acid groups (broad SMARTS) is 1. The van der Waals surface area contributed by atoms with Crippen molar-refractivity contribution in [1.29, 1.82) is 0 Å². The minimum atomic E-state index is -0.804. The third-order valence-corrected chi connectivity index (χ3v) is 2.53. The summed E-state index contributed by atoms with van der Waals surface area (Å²) in [6.07, 6.45) is 0.568. The van der Waals surface area contributed by atoms with Gasteiger partial charge in [-0.2, -0.15) is 0 Å². The summed E-state index contributed by atoms with van der Waals surface area (Å²) in [7, 11) is 0. The molecule has 12 heavy (non-hydrogen) atoms. The highest BCUT2D eigenvalue weighted by atomic mass is 16.4. The predicted octanol–water partition coefficient (Wildman–Crippen LogP) is -0.515. The summed E-state index contributed by atoms with van der Waals surface area (Å²) in [6.45, 7) is 1.12. The van der Waals surface area contributed by atoms with Crippen molar-refractivity contribution in [2.45, 2.75) is 12.5 Å². The summed E-state index contributed by atoms with van der Waals surface area (Å²) < 4.78 is 0. The maximum Gasteiger partial charge on any atom is 0.317 e. The fourth-order valence-electron chi connectivity index (χ4n) is 1.83. The normalized spacial score (nSPS) is 33.3. The molecule has 2 fully saturated rings. The third kappa shape index (κ3) is 0.929. The number of carbonyl (C=O) groups excluding carboxylic acids is 1. The van der Waals surface area contributed by atoms with Crippen molar-refractivity contribution in [2.75, 3.05) is 13.1 Å². The highest BCUT2D eigenvalue weighted by Crippen LogP contribution is 2.22. The van der Waals surface area contributed by atoms with Gasteiger partial charge < -0.3 is 15.3 Å². The van der Waals surface area contributed by atoms with Gasteiger partial charge in [0.05, 0.1) is 12.0 Å². The van der Waals surface area contributed by atoms with Crippen molar-refractivity contribution in [1.82, 2.24) is 10.2 Å². The summed E-state index contributed by atoms with van der Waals surface area (Å²) in [5, 5.41) is 11.4. The average Bonchev–Trinajstić information content (AvgIpc) is 2.28. The van der Waals surface area contributed by atoms with Crippen LogP contribution in [0, 0.1) is 5.92 Å². The van der Waals surface area contributed by atoms with Crippen molar-refractivity contribution < 1.29 is 14.7 Å². The molecule has 2 bridgehead atoms. The fraction of sp³-hybridized carbons (Fsp3) is 0.714. The van der Waals surface area contributed by atoms with Crippen molar-refractivity contribution in [3.8, 4) is 0 Å². The minimum absolute atomic E-state index is 0.122. The fourth-order valence-corrected chi connectivity index (χ4v) is 1.83. The second-order valence-electron chi connectivity index (χ2n) is 3.24. The number of hydrogen-bond donors (Lipinski definition) is 2. The van der Waals surface area contributed by atoms with Gasteiger partial charge in [0, 0.05) is 13.1 Å². The van der Waals surface area contributed by atoms with Gasteiger partial charge in [0.15, 0.2) is 0 Å². The monoisotopic (exact) mass is 170 g/mol. The zero-order valence-electron chi connectivity index (χ0n) is 6.49. The Morgan fingerprint density at radius 3 is 3.08 bits per heavy atom. The molecular weight excluding hydrogens is 160 g/mol. The van der Waals surface area contributed by atoms with Crippen LogP contribution in [0.3, 0.4) is 0 Å². The van der Waals surface area contributed by atoms with E-state index in [0.717, 1.165) is 0 Å². The summed E-state index contributed by atoms with van der Waals surface area (Å²) in [5.41, 5.74) is 0. The molecule has 2 unspecified atom stereocenters. The summed E-state index contributed by atoms with van der Waals surface area (Å²) in [6, 6.07) is -0.299. The SMILES string of the molecule is O=C(O)C1CCN2CC1NC2=O. The molecule has 0 aliphatic carbocycles. The number of fused-ring (bicyclic) bond motifs is 2. The van der Waals surface area contributed by atoms with E-state index in [9.17, 15) is 9.59 Å². The Bertz CT molecular complexity index is 241. The first-order valence-corrected chi connectivity index (χ1v) is 3.97. The Hall–Kier alpha value is -1.26. The molecule has 0 aromatic rings. The predicted molar refractivity (Wildman–Crippen MR) is 39.6 cm³/mol. The van der Waals surface area contributed by atoms with Crippen molar-refractivity contribution >= 4 is 12.0 Å². The van der Waals surface area contributed by atoms with E-state index in [1.807, 2.05) is 0 Å². The molecule has 0 spiro atoms. The highest BCUT2D eigenvalue weighted by molar-refractivity contribution is 5.80. The van der Waals surface area contributed by atoms with Crippen LogP contribution < -0.4 is 5.32 Å². The number of nitrogens with one attached hydrogen (secondary N) is 1. The van der Waals surface area contributed by atoms with Crippen LogP contribution in [0.4, 0.5) is 4.79 Å². The van der Waals surface area contributed by atoms with Gasteiger partial charge in [-0.05, 0) is 6.42 Å². The van der Waals surface area contributed by atoms with Crippen LogP contribution in [-0.4, -0.2) is 41.1 Å². The number of carbonyl (C=O) groups is 2. The standard InChI is InChI=1S/C7H10N2O3/c10-6(11)4-1-2-9-3-5(4)8-7(9)12/h4-5H,1-3H2,(H,8,12)(H,10,11). The molecule has 2 rings (SSSR count). The van der Waals surface area contributed by atoms with Crippen LogP contribution in [-0.2, 0) is 4.79 Å². The smallest absolute Gasteiger partial charge is 0.317 e. The molecule has 2 N–H and O–H groups in total. The van der Waals surface area contributed by atoms with Crippen LogP contribution in [0.2, 0.25) is 0 Å². The molecule has 2 saturated heterocycles. The van der Waals surface area contributed by atoms with Gasteiger partial charge in [-0.1, -0.05) is 0 Å². The van der Waals surface area contributed by atoms with Gasteiger partial charge in [0.1, 0.15) is 0 Å². The largest absolute Gasteiger partial charge is 0.481 e. The average molecular weight is 170 g/mol. The van der Waals surface area contributed by atoms with Gasteiger partial charge in [-0.15, -0.1) is 0 Å². The van der Waals surface area contributed by atoms with Crippen molar-refractivity contribution in [2.24, 2.45) is 5.92 Å². The lowest BCUT2D eigenvalue weighted by molar-refractivity contribution is -0.143. The van der Waals surface area contributed by atoms with Crippen LogP contribution >= 0.6 is 0 Å². The molecule has 0 radical (unpaired) electrons. The topological polar surface area (TPSA) is 69.6 Å². The summed E-state index contributed by atoms with van der Waals surface area (Å²) in [4.78, 5) is 23.4. The molecule has 0 aromatic heterocycles. The Morgan fingerprint density at radius 2 is 2.42 bits per heavy atom. The molecular formula is C7H10N2O3. The van der Waals surface area contributed by atoms with Crippen LogP contribution in [0.5, 0.6) is 0 Å². The molecule has 2 aliphatic rings. The summed E-state index contributed by atoms with van der Waals surface area (Å²) >= 11 is 0. The Labute approximate surface area is 69.3 Å². The lowest BCUT2D eigenvalue weighted by Crippen LogP contribution is -2.41. The molecule has 66 valence electrons. The Morgan fingerprint density at radius 1 is 1.67 bits per heavy atom. The van der Waals surface area contributed by atoms with E-state index >= 15 is 0 Å². The lowest BCUT2D eigenvalue weighted by atomic mass is 9.94. The van der Waals surface area contributed by atoms with E-state index in [1.54, 1.807) is 4.90 Å². The van der Waals surface area contributed by atoms with E-state index < -0.39 is 11.9 Å². The van der Waals surface area contributed by atoms with E-state index in [2.05, 4.69) is 5.32 Å². The van der Waals surface area contributed by atoms with Gasteiger partial charge in [0.25, 0.3) is 0 Å². The van der Waals surface area contributed by atoms with Gasteiger partial charge in [-0.3, -0.25) is 4.79 Å². The first-order chi connectivity index (χ1) is 5.68. The van der Waals surface area contributed by atoms with Gasteiger partial charge in [0.2, 0.25) is 0 Å². The van der Waals surface area contributed by atoms with Crippen LogP contribution in [0.25, 0.3) is 0 Å². The lowest BCUT2D eigenvalue weighted by Gasteiger charge is -2.25. The van der Waals surface area contributed by atoms with E-state index in [1.165, 1.54) is 0 Å². The van der Waals surface area contributed by atoms with Crippen molar-refractivity contribution in [3.05, 3.63) is 0 Å². The molecule has 2 amide bonds. The zero-order valence-corrected chi connectivity index (χ0v) is 6.49. The minimum Gasteiger partial charge on any atom is -0.481 e. The third-order valence-electron chi connectivity index (χ3n) is 2.53. The van der Waals surface area contributed by atoms with E-state index in [4.69, 9.17) is 5.11 Å². The first-order valence-electron chi connectivity index (χ1n) is 3.97. The van der Waals surface area contributed by atoms with Crippen LogP contribution in [0.15, 0.2) is 0 Å². The molecule has 5 nitrogen and oxygen atoms in total. The maximum atomic E-state index is 11.0. The molecule has 2 aliphatic heterocycles. The number of piperidine rings is 1. The first kappa shape index (κ1) is 7.39. The second-order valence-corrected chi connectivity index (χ2v) is 3.24. The molecule has 0 aromatic carbocycles. The van der Waals surface area contributed by atoms with Crippen LogP contribution in [0.1, 0.15) is 6.42 Å². The molecule has 5 heteroatoms. The quantitative estimate of drug-likeness (QED) is 0.556. The number of rotatable bonds is 1. The van der Waals surface area contributed by atoms with Gasteiger partial charge >= 0.3 is 12.0 Å². The van der Waals surface area contributed by atoms with Gasteiger partial charge in [-0.25, -0.2) is 4.79 Å². The maximum absolute atomic E-state index is 11.0. The van der Waals surface area contributed by atoms with E-state index in [0.29, 0.717) is 19.5 Å². The molecule has 0 saturated carbocycles. The Kier molecular flexibility index (Phi) is 1.46. The second kappa shape index (κ2) is 2.36. The summed E-state index contributed by atoms with van der Waals surface area (Å²) in [5.74, 6) is -1.20. The van der Waals surface area contributed by atoms with E-state index in [-0.39, 0.29) is 12.1 Å². The Balaban J connectivity index is 2.14. The molecule has 2 heterocycles. The van der Waals surface area contributed by atoms with Crippen molar-refractivity contribution in [3.63, 3.8) is 0 Å². The number of carboxylic acids is 1. The molecule has 2 atom stereocenters. The number of amides is 2. The number of aliphatic carboxylic acids is 1. The number of hydrogen-bond acceptors (Lipinski definition) is 2. The number of nitrogens with zero attached hydrogens (tertiary/aromatic N) is 1. The number of urea groups is 1.